The zero-order valence-corrected chi connectivity index (χ0v) is 12.0. The quantitative estimate of drug-likeness (QED) is 0.923. The molecule has 0 spiro atoms. The molecular weight excluding hydrogens is 269 g/mol. The second-order valence-electron chi connectivity index (χ2n) is 5.00. The highest BCUT2D eigenvalue weighted by molar-refractivity contribution is 6.31. The van der Waals surface area contributed by atoms with E-state index in [0.717, 1.165) is 31.2 Å². The van der Waals surface area contributed by atoms with Crippen LogP contribution in [0.4, 0.5) is 4.39 Å². The molecule has 1 fully saturated rings. The summed E-state index contributed by atoms with van der Waals surface area (Å²) in [6, 6.07) is 1.57. The van der Waals surface area contributed by atoms with E-state index in [9.17, 15) is 4.39 Å². The molecule has 0 bridgehead atoms. The first-order chi connectivity index (χ1) is 9.03. The Morgan fingerprint density at radius 3 is 2.26 bits per heavy atom. The van der Waals surface area contributed by atoms with Gasteiger partial charge in [-0.15, -0.1) is 0 Å². The third kappa shape index (κ3) is 2.51. The monoisotopic (exact) mass is 287 g/mol. The fraction of sp³-hybridized carbons (Fsp3) is 0.571. The van der Waals surface area contributed by atoms with E-state index < -0.39 is 11.4 Å². The van der Waals surface area contributed by atoms with Crippen LogP contribution in [0.5, 0.6) is 11.5 Å². The number of hydrogen-bond donors (Lipinski definition) is 1. The molecule has 1 aliphatic rings. The summed E-state index contributed by atoms with van der Waals surface area (Å²) in [4.78, 5) is 0. The fourth-order valence-electron chi connectivity index (χ4n) is 2.79. The Morgan fingerprint density at radius 2 is 1.74 bits per heavy atom. The Balaban J connectivity index is 2.58. The normalized spacial score (nSPS) is 18.2. The van der Waals surface area contributed by atoms with Gasteiger partial charge in [0, 0.05) is 11.1 Å². The van der Waals surface area contributed by atoms with E-state index in [1.807, 2.05) is 0 Å². The van der Waals surface area contributed by atoms with Crippen LogP contribution in [0.15, 0.2) is 6.07 Å². The molecule has 1 aliphatic carbocycles. The molecule has 2 rings (SSSR count). The van der Waals surface area contributed by atoms with Gasteiger partial charge in [0.25, 0.3) is 0 Å². The van der Waals surface area contributed by atoms with Crippen LogP contribution in [-0.4, -0.2) is 14.2 Å². The van der Waals surface area contributed by atoms with Crippen molar-refractivity contribution < 1.29 is 13.9 Å². The zero-order valence-electron chi connectivity index (χ0n) is 11.3. The zero-order chi connectivity index (χ0) is 14.0. The second kappa shape index (κ2) is 5.55. The fourth-order valence-corrected chi connectivity index (χ4v) is 2.99. The van der Waals surface area contributed by atoms with Crippen LogP contribution in [0.25, 0.3) is 0 Å². The highest BCUT2D eigenvalue weighted by Gasteiger charge is 2.35. The van der Waals surface area contributed by atoms with Crippen molar-refractivity contribution in [2.75, 3.05) is 14.2 Å². The van der Waals surface area contributed by atoms with Crippen molar-refractivity contribution in [3.05, 3.63) is 22.5 Å². The van der Waals surface area contributed by atoms with Crippen molar-refractivity contribution >= 4 is 11.6 Å². The van der Waals surface area contributed by atoms with E-state index >= 15 is 0 Å². The lowest BCUT2D eigenvalue weighted by Crippen LogP contribution is -2.39. The molecule has 0 atom stereocenters. The molecule has 1 saturated carbocycles. The van der Waals surface area contributed by atoms with Gasteiger partial charge in [0.15, 0.2) is 17.3 Å². The number of methoxy groups -OCH3 is 2. The highest BCUT2D eigenvalue weighted by atomic mass is 35.5. The van der Waals surface area contributed by atoms with Gasteiger partial charge in [0.05, 0.1) is 19.2 Å². The Bertz CT molecular complexity index is 473. The minimum Gasteiger partial charge on any atom is -0.492 e. The summed E-state index contributed by atoms with van der Waals surface area (Å²) in [5.74, 6) is -0.224. The number of hydrogen-bond acceptors (Lipinski definition) is 3. The van der Waals surface area contributed by atoms with Gasteiger partial charge in [-0.25, -0.2) is 4.39 Å². The molecule has 0 heterocycles. The van der Waals surface area contributed by atoms with Gasteiger partial charge >= 0.3 is 0 Å². The van der Waals surface area contributed by atoms with Gasteiger partial charge in [-0.05, 0) is 18.9 Å². The van der Waals surface area contributed by atoms with Gasteiger partial charge in [-0.3, -0.25) is 0 Å². The highest BCUT2D eigenvalue weighted by Crippen LogP contribution is 2.46. The van der Waals surface area contributed by atoms with E-state index in [1.54, 1.807) is 6.07 Å². The molecule has 5 heteroatoms. The number of ether oxygens (including phenoxy) is 2. The summed E-state index contributed by atoms with van der Waals surface area (Å²) in [6.45, 7) is 0. The number of nitrogens with two attached hydrogens (primary N) is 1. The summed E-state index contributed by atoms with van der Waals surface area (Å²) in [5.41, 5.74) is 6.70. The summed E-state index contributed by atoms with van der Waals surface area (Å²) in [7, 11) is 2.88. The molecule has 0 unspecified atom stereocenters. The predicted octanol–water partition coefficient (Wildman–Crippen LogP) is 3.61. The predicted molar refractivity (Wildman–Crippen MR) is 73.5 cm³/mol. The summed E-state index contributed by atoms with van der Waals surface area (Å²) < 4.78 is 24.3. The van der Waals surface area contributed by atoms with E-state index in [0.29, 0.717) is 5.75 Å². The van der Waals surface area contributed by atoms with Crippen molar-refractivity contribution in [1.29, 1.82) is 0 Å². The van der Waals surface area contributed by atoms with Crippen molar-refractivity contribution in [2.45, 2.75) is 37.6 Å². The standard InChI is InChI=1S/C14H19ClFNO2/c1-18-12-9(14(17)6-4-3-5-7-14)8-10(15)11(16)13(12)19-2/h8H,3-7,17H2,1-2H3. The topological polar surface area (TPSA) is 44.5 Å². The molecule has 0 saturated heterocycles. The summed E-state index contributed by atoms with van der Waals surface area (Å²) in [6.07, 6.45) is 4.96. The maximum atomic E-state index is 13.9. The van der Waals surface area contributed by atoms with Crippen LogP contribution in [-0.2, 0) is 5.54 Å². The number of rotatable bonds is 3. The Hall–Kier alpha value is -1.00. The van der Waals surface area contributed by atoms with Gasteiger partial charge in [0.2, 0.25) is 0 Å². The Morgan fingerprint density at radius 1 is 1.16 bits per heavy atom. The van der Waals surface area contributed by atoms with Gasteiger partial charge in [-0.1, -0.05) is 30.9 Å². The SMILES string of the molecule is COc1c(C2(N)CCCCC2)cc(Cl)c(F)c1OC. The molecule has 1 aromatic rings. The first-order valence-electron chi connectivity index (χ1n) is 6.43. The lowest BCUT2D eigenvalue weighted by molar-refractivity contribution is 0.278. The van der Waals surface area contributed by atoms with Gasteiger partial charge in [-0.2, -0.15) is 0 Å². The lowest BCUT2D eigenvalue weighted by atomic mass is 9.77. The van der Waals surface area contributed by atoms with Crippen LogP contribution in [0.1, 0.15) is 37.7 Å². The maximum Gasteiger partial charge on any atom is 0.198 e. The first-order valence-corrected chi connectivity index (χ1v) is 6.80. The van der Waals surface area contributed by atoms with Crippen molar-refractivity contribution in [2.24, 2.45) is 5.73 Å². The van der Waals surface area contributed by atoms with Crippen LogP contribution in [0.2, 0.25) is 5.02 Å². The van der Waals surface area contributed by atoms with E-state index in [-0.39, 0.29) is 10.8 Å². The minimum absolute atomic E-state index is 0.0167. The first kappa shape index (κ1) is 14.4. The lowest BCUT2D eigenvalue weighted by Gasteiger charge is -2.35. The van der Waals surface area contributed by atoms with Crippen molar-refractivity contribution in [3.8, 4) is 11.5 Å². The van der Waals surface area contributed by atoms with Crippen LogP contribution >= 0.6 is 11.6 Å². The molecule has 1 aromatic carbocycles. The van der Waals surface area contributed by atoms with E-state index in [2.05, 4.69) is 0 Å². The van der Waals surface area contributed by atoms with Crippen molar-refractivity contribution in [1.82, 2.24) is 0 Å². The van der Waals surface area contributed by atoms with E-state index in [1.165, 1.54) is 20.6 Å². The molecule has 2 N–H and O–H groups in total. The molecular formula is C14H19ClFNO2. The van der Waals surface area contributed by atoms with Crippen molar-refractivity contribution in [3.63, 3.8) is 0 Å². The minimum atomic E-state index is -0.607. The Labute approximate surface area is 117 Å². The molecule has 106 valence electrons. The average Bonchev–Trinajstić information content (AvgIpc) is 2.41. The number of benzene rings is 1. The average molecular weight is 288 g/mol. The summed E-state index contributed by atoms with van der Waals surface area (Å²) in [5, 5.41) is 0.0167. The molecule has 0 aromatic heterocycles. The maximum absolute atomic E-state index is 13.9. The molecule has 0 amide bonds. The third-order valence-corrected chi connectivity index (χ3v) is 4.10. The van der Waals surface area contributed by atoms with Crippen LogP contribution in [0.3, 0.4) is 0 Å². The molecule has 0 aliphatic heterocycles. The van der Waals surface area contributed by atoms with E-state index in [4.69, 9.17) is 26.8 Å². The Kier molecular flexibility index (Phi) is 4.21. The van der Waals surface area contributed by atoms with Gasteiger partial charge < -0.3 is 15.2 Å². The smallest absolute Gasteiger partial charge is 0.198 e. The van der Waals surface area contributed by atoms with Gasteiger partial charge in [0.1, 0.15) is 0 Å². The largest absolute Gasteiger partial charge is 0.492 e. The molecule has 19 heavy (non-hydrogen) atoms. The molecule has 0 radical (unpaired) electrons. The number of halogens is 2. The third-order valence-electron chi connectivity index (χ3n) is 3.82. The second-order valence-corrected chi connectivity index (χ2v) is 5.41. The molecule has 3 nitrogen and oxygen atoms in total. The summed E-state index contributed by atoms with van der Waals surface area (Å²) >= 11 is 5.94. The van der Waals surface area contributed by atoms with Crippen LogP contribution in [0, 0.1) is 5.82 Å². The van der Waals surface area contributed by atoms with Crippen LogP contribution < -0.4 is 15.2 Å².